The summed E-state index contributed by atoms with van der Waals surface area (Å²) in [5.74, 6) is -0.391. The van der Waals surface area contributed by atoms with Gasteiger partial charge in [0.25, 0.3) is 11.6 Å². The number of amides is 1. The fourth-order valence-corrected chi connectivity index (χ4v) is 4.08. The lowest BCUT2D eigenvalue weighted by molar-refractivity contribution is -0.894. The number of aromatic nitrogens is 1. The molecule has 0 saturated heterocycles. The number of rotatable bonds is 8. The zero-order valence-electron chi connectivity index (χ0n) is 15.9. The lowest BCUT2D eigenvalue weighted by Crippen LogP contribution is -3.12. The molecule has 0 aliphatic carbocycles. The molecule has 28 heavy (non-hydrogen) atoms. The number of benzene rings is 2. The molecule has 146 valence electrons. The van der Waals surface area contributed by atoms with Gasteiger partial charge in [0.1, 0.15) is 5.56 Å². The molecule has 0 spiro atoms. The number of thiazole rings is 1. The summed E-state index contributed by atoms with van der Waals surface area (Å²) >= 11 is 1.42. The quantitative estimate of drug-likeness (QED) is 0.467. The molecule has 1 aromatic heterocycles. The highest BCUT2D eigenvalue weighted by Crippen LogP contribution is 2.30. The van der Waals surface area contributed by atoms with E-state index < -0.39 is 10.8 Å². The fourth-order valence-electron chi connectivity index (χ4n) is 3.09. The van der Waals surface area contributed by atoms with Gasteiger partial charge in [0.05, 0.1) is 41.3 Å². The summed E-state index contributed by atoms with van der Waals surface area (Å²) in [5.41, 5.74) is 0.716. The SMILES string of the molecule is CC[NH+](CC)CCN(C(=O)c1ccccc1[N+](=O)[O-])c1nc2ccccc2s1. The first-order chi connectivity index (χ1) is 13.5. The molecular weight excluding hydrogens is 376 g/mol. The molecule has 0 atom stereocenters. The number of carbonyl (C=O) groups is 1. The highest BCUT2D eigenvalue weighted by atomic mass is 32.1. The van der Waals surface area contributed by atoms with E-state index in [1.165, 1.54) is 28.4 Å². The van der Waals surface area contributed by atoms with Crippen molar-refractivity contribution in [1.82, 2.24) is 4.98 Å². The molecule has 0 fully saturated rings. The topological polar surface area (TPSA) is 80.8 Å². The van der Waals surface area contributed by atoms with Gasteiger partial charge in [-0.3, -0.25) is 19.8 Å². The maximum absolute atomic E-state index is 13.3. The van der Waals surface area contributed by atoms with Crippen LogP contribution >= 0.6 is 11.3 Å². The first-order valence-electron chi connectivity index (χ1n) is 9.29. The normalized spacial score (nSPS) is 11.1. The summed E-state index contributed by atoms with van der Waals surface area (Å²) in [6.07, 6.45) is 0. The number of para-hydroxylation sites is 2. The van der Waals surface area contributed by atoms with Crippen molar-refractivity contribution in [3.63, 3.8) is 0 Å². The number of fused-ring (bicyclic) bond motifs is 1. The Kier molecular flexibility index (Phi) is 6.33. The van der Waals surface area contributed by atoms with Crippen LogP contribution in [0.3, 0.4) is 0 Å². The number of nitro benzene ring substituents is 1. The molecule has 1 amide bonds. The molecule has 1 N–H and O–H groups in total. The van der Waals surface area contributed by atoms with Crippen LogP contribution in [0, 0.1) is 10.1 Å². The molecule has 0 unspecified atom stereocenters. The molecule has 3 rings (SSSR count). The summed E-state index contributed by atoms with van der Waals surface area (Å²) in [7, 11) is 0. The van der Waals surface area contributed by atoms with E-state index in [2.05, 4.69) is 18.8 Å². The van der Waals surface area contributed by atoms with Crippen LogP contribution in [0.25, 0.3) is 10.2 Å². The van der Waals surface area contributed by atoms with Crippen molar-refractivity contribution < 1.29 is 14.6 Å². The second-order valence-electron chi connectivity index (χ2n) is 6.40. The molecule has 3 aromatic rings. The van der Waals surface area contributed by atoms with Crippen LogP contribution in [-0.2, 0) is 0 Å². The maximum Gasteiger partial charge on any atom is 0.282 e. The molecule has 0 bridgehead atoms. The Bertz CT molecular complexity index is 951. The first-order valence-corrected chi connectivity index (χ1v) is 10.1. The fraction of sp³-hybridized carbons (Fsp3) is 0.300. The monoisotopic (exact) mass is 399 g/mol. The number of nitrogens with one attached hydrogen (secondary N) is 1. The Hall–Kier alpha value is -2.84. The molecule has 1 heterocycles. The van der Waals surface area contributed by atoms with Gasteiger partial charge < -0.3 is 4.90 Å². The van der Waals surface area contributed by atoms with E-state index in [1.807, 2.05) is 24.3 Å². The number of quaternary nitrogens is 1. The first kappa shape index (κ1) is 19.9. The summed E-state index contributed by atoms with van der Waals surface area (Å²) in [6, 6.07) is 13.8. The van der Waals surface area contributed by atoms with Crippen molar-refractivity contribution in [2.75, 3.05) is 31.1 Å². The molecule has 8 heteroatoms. The van der Waals surface area contributed by atoms with E-state index in [9.17, 15) is 14.9 Å². The number of hydrogen-bond donors (Lipinski definition) is 1. The lowest BCUT2D eigenvalue weighted by atomic mass is 10.1. The molecule has 0 radical (unpaired) electrons. The lowest BCUT2D eigenvalue weighted by Gasteiger charge is -2.23. The molecule has 0 aliphatic rings. The van der Waals surface area contributed by atoms with Crippen LogP contribution in [0.4, 0.5) is 10.8 Å². The summed E-state index contributed by atoms with van der Waals surface area (Å²) in [6.45, 7) is 7.29. The largest absolute Gasteiger partial charge is 0.334 e. The molecular formula is C20H23N4O3S+. The highest BCUT2D eigenvalue weighted by molar-refractivity contribution is 7.22. The van der Waals surface area contributed by atoms with Crippen LogP contribution in [0.1, 0.15) is 24.2 Å². The predicted octanol–water partition coefficient (Wildman–Crippen LogP) is 2.78. The van der Waals surface area contributed by atoms with E-state index in [0.29, 0.717) is 11.7 Å². The summed E-state index contributed by atoms with van der Waals surface area (Å²) in [4.78, 5) is 31.7. The van der Waals surface area contributed by atoms with Gasteiger partial charge >= 0.3 is 0 Å². The smallest absolute Gasteiger partial charge is 0.282 e. The van der Waals surface area contributed by atoms with Gasteiger partial charge in [0.2, 0.25) is 0 Å². The molecule has 0 saturated carbocycles. The standard InChI is InChI=1S/C20H22N4O3S/c1-3-22(4-2)13-14-23(20-21-16-10-6-8-12-18(16)28-20)19(25)15-9-5-7-11-17(15)24(26)27/h5-12H,3-4,13-14H2,1-2H3/p+1. The number of carbonyl (C=O) groups excluding carboxylic acids is 1. The minimum Gasteiger partial charge on any atom is -0.334 e. The van der Waals surface area contributed by atoms with Gasteiger partial charge in [0, 0.05) is 6.07 Å². The Morgan fingerprint density at radius 1 is 1.14 bits per heavy atom. The average molecular weight is 399 g/mol. The van der Waals surface area contributed by atoms with Crippen molar-refractivity contribution in [1.29, 1.82) is 0 Å². The van der Waals surface area contributed by atoms with E-state index in [4.69, 9.17) is 0 Å². The van der Waals surface area contributed by atoms with Gasteiger partial charge in [-0.05, 0) is 32.0 Å². The predicted molar refractivity (Wildman–Crippen MR) is 111 cm³/mol. The van der Waals surface area contributed by atoms with Crippen LogP contribution in [-0.4, -0.2) is 42.0 Å². The summed E-state index contributed by atoms with van der Waals surface area (Å²) in [5, 5.41) is 12.0. The average Bonchev–Trinajstić information content (AvgIpc) is 3.14. The van der Waals surface area contributed by atoms with Crippen molar-refractivity contribution in [2.45, 2.75) is 13.8 Å². The van der Waals surface area contributed by atoms with Crippen LogP contribution < -0.4 is 9.80 Å². The van der Waals surface area contributed by atoms with Crippen molar-refractivity contribution in [3.05, 3.63) is 64.2 Å². The van der Waals surface area contributed by atoms with Gasteiger partial charge in [-0.15, -0.1) is 0 Å². The Morgan fingerprint density at radius 3 is 2.50 bits per heavy atom. The third-order valence-electron chi connectivity index (χ3n) is 4.78. The van der Waals surface area contributed by atoms with Crippen molar-refractivity contribution in [3.8, 4) is 0 Å². The molecule has 2 aromatic carbocycles. The zero-order valence-corrected chi connectivity index (χ0v) is 16.7. The number of anilines is 1. The van der Waals surface area contributed by atoms with Gasteiger partial charge in [-0.1, -0.05) is 35.6 Å². The van der Waals surface area contributed by atoms with E-state index in [1.54, 1.807) is 17.0 Å². The van der Waals surface area contributed by atoms with Gasteiger partial charge in [-0.2, -0.15) is 0 Å². The van der Waals surface area contributed by atoms with Gasteiger partial charge in [0.15, 0.2) is 5.13 Å². The van der Waals surface area contributed by atoms with Gasteiger partial charge in [-0.25, -0.2) is 4.98 Å². The summed E-state index contributed by atoms with van der Waals surface area (Å²) < 4.78 is 0.980. The second kappa shape index (κ2) is 8.90. The van der Waals surface area contributed by atoms with Crippen LogP contribution in [0.2, 0.25) is 0 Å². The minimum atomic E-state index is -0.514. The van der Waals surface area contributed by atoms with Crippen LogP contribution in [0.5, 0.6) is 0 Å². The third kappa shape index (κ3) is 4.18. The highest BCUT2D eigenvalue weighted by Gasteiger charge is 2.28. The number of hydrogen-bond acceptors (Lipinski definition) is 5. The van der Waals surface area contributed by atoms with E-state index in [-0.39, 0.29) is 11.3 Å². The van der Waals surface area contributed by atoms with Crippen molar-refractivity contribution in [2.24, 2.45) is 0 Å². The van der Waals surface area contributed by atoms with Crippen LogP contribution in [0.15, 0.2) is 48.5 Å². The van der Waals surface area contributed by atoms with E-state index in [0.717, 1.165) is 29.9 Å². The number of likely N-dealkylation sites (N-methyl/N-ethyl adjacent to an activating group) is 1. The number of nitrogens with zero attached hydrogens (tertiary/aromatic N) is 3. The maximum atomic E-state index is 13.3. The minimum absolute atomic E-state index is 0.0845. The second-order valence-corrected chi connectivity index (χ2v) is 7.41. The number of nitro groups is 1. The Balaban J connectivity index is 2.00. The zero-order chi connectivity index (χ0) is 20.1. The van der Waals surface area contributed by atoms with E-state index >= 15 is 0 Å². The Morgan fingerprint density at radius 2 is 1.82 bits per heavy atom. The third-order valence-corrected chi connectivity index (χ3v) is 5.84. The molecule has 0 aliphatic heterocycles. The Labute approximate surface area is 167 Å². The molecule has 7 nitrogen and oxygen atoms in total. The van der Waals surface area contributed by atoms with Crippen molar-refractivity contribution >= 4 is 38.3 Å².